The maximum atomic E-state index is 5.67. The smallest absolute Gasteiger partial charge is 0.232 e. The van der Waals surface area contributed by atoms with Crippen LogP contribution in [-0.4, -0.2) is 22.6 Å². The molecule has 0 amide bonds. The van der Waals surface area contributed by atoms with Crippen molar-refractivity contribution >= 4 is 0 Å². The van der Waals surface area contributed by atoms with Gasteiger partial charge in [0.15, 0.2) is 0 Å². The fourth-order valence-corrected chi connectivity index (χ4v) is 2.19. The minimum atomic E-state index is 0.671. The molecule has 2 fully saturated rings. The third kappa shape index (κ3) is 3.42. The average molecular weight is 247 g/mol. The molecule has 0 atom stereocenters. The molecule has 2 saturated carbocycles. The molecule has 4 heteroatoms. The van der Waals surface area contributed by atoms with Crippen LogP contribution in [0, 0.1) is 5.92 Å². The Kier molecular flexibility index (Phi) is 3.74. The van der Waals surface area contributed by atoms with E-state index in [0.29, 0.717) is 11.9 Å². The first-order valence-electron chi connectivity index (χ1n) is 7.07. The maximum Gasteiger partial charge on any atom is 0.232 e. The molecule has 1 aromatic heterocycles. The van der Waals surface area contributed by atoms with Crippen molar-refractivity contribution in [3.8, 4) is 5.88 Å². The van der Waals surface area contributed by atoms with E-state index in [4.69, 9.17) is 4.74 Å². The van der Waals surface area contributed by atoms with Gasteiger partial charge in [-0.05, 0) is 25.2 Å². The second-order valence-corrected chi connectivity index (χ2v) is 5.44. The van der Waals surface area contributed by atoms with Crippen LogP contribution in [-0.2, 0) is 6.54 Å². The number of hydrogen-bond acceptors (Lipinski definition) is 4. The molecule has 0 spiro atoms. The molecular formula is C14H21N3O. The van der Waals surface area contributed by atoms with Crippen molar-refractivity contribution in [3.05, 3.63) is 18.1 Å². The van der Waals surface area contributed by atoms with E-state index < -0.39 is 0 Å². The summed E-state index contributed by atoms with van der Waals surface area (Å²) in [5.41, 5.74) is 0.975. The first-order chi connectivity index (χ1) is 8.90. The molecule has 1 aromatic rings. The summed E-state index contributed by atoms with van der Waals surface area (Å²) >= 11 is 0. The van der Waals surface area contributed by atoms with Gasteiger partial charge in [0.05, 0.1) is 18.5 Å². The van der Waals surface area contributed by atoms with Gasteiger partial charge in [0, 0.05) is 18.8 Å². The fourth-order valence-electron chi connectivity index (χ4n) is 2.19. The second-order valence-electron chi connectivity index (χ2n) is 5.44. The number of ether oxygens (including phenoxy) is 1. The van der Waals surface area contributed by atoms with Crippen molar-refractivity contribution in [1.82, 2.24) is 15.3 Å². The molecule has 0 saturated heterocycles. The van der Waals surface area contributed by atoms with E-state index in [1.54, 1.807) is 6.20 Å². The summed E-state index contributed by atoms with van der Waals surface area (Å²) in [7, 11) is 0. The van der Waals surface area contributed by atoms with E-state index in [2.05, 4.69) is 15.3 Å². The first-order valence-corrected chi connectivity index (χ1v) is 7.07. The van der Waals surface area contributed by atoms with Crippen molar-refractivity contribution in [1.29, 1.82) is 0 Å². The number of aromatic nitrogens is 2. The topological polar surface area (TPSA) is 47.0 Å². The standard InChI is InChI=1S/C14H21N3O/c1-2-11(3-1)6-7-18-14-10-15-8-13(17-14)9-16-12-4-5-12/h8,10-12,16H,1-7,9H2. The Morgan fingerprint density at radius 2 is 2.11 bits per heavy atom. The lowest BCUT2D eigenvalue weighted by Crippen LogP contribution is -2.17. The third-order valence-electron chi connectivity index (χ3n) is 3.81. The number of nitrogens with one attached hydrogen (secondary N) is 1. The Morgan fingerprint density at radius 1 is 1.22 bits per heavy atom. The lowest BCUT2D eigenvalue weighted by atomic mass is 9.83. The van der Waals surface area contributed by atoms with E-state index in [1.807, 2.05) is 6.20 Å². The Morgan fingerprint density at radius 3 is 2.83 bits per heavy atom. The maximum absolute atomic E-state index is 5.67. The zero-order valence-corrected chi connectivity index (χ0v) is 10.8. The highest BCUT2D eigenvalue weighted by Crippen LogP contribution is 2.29. The zero-order chi connectivity index (χ0) is 12.2. The molecule has 3 rings (SSSR count). The summed E-state index contributed by atoms with van der Waals surface area (Å²) in [6.45, 7) is 1.58. The average Bonchev–Trinajstić information content (AvgIpc) is 3.14. The molecule has 0 unspecified atom stereocenters. The Labute approximate surface area is 108 Å². The van der Waals surface area contributed by atoms with Crippen LogP contribution in [0.25, 0.3) is 0 Å². The van der Waals surface area contributed by atoms with Crippen LogP contribution in [0.15, 0.2) is 12.4 Å². The molecule has 1 N–H and O–H groups in total. The summed E-state index contributed by atoms with van der Waals surface area (Å²) in [4.78, 5) is 8.65. The van der Waals surface area contributed by atoms with E-state index in [9.17, 15) is 0 Å². The quantitative estimate of drug-likeness (QED) is 0.803. The van der Waals surface area contributed by atoms with Crippen LogP contribution in [0.1, 0.15) is 44.2 Å². The normalized spacial score (nSPS) is 19.6. The fraction of sp³-hybridized carbons (Fsp3) is 0.714. The van der Waals surface area contributed by atoms with Crippen LogP contribution in [0.2, 0.25) is 0 Å². The van der Waals surface area contributed by atoms with Gasteiger partial charge < -0.3 is 10.1 Å². The molecule has 0 aromatic carbocycles. The van der Waals surface area contributed by atoms with Gasteiger partial charge in [-0.25, -0.2) is 4.98 Å². The molecular weight excluding hydrogens is 226 g/mol. The summed E-state index contributed by atoms with van der Waals surface area (Å²) in [5, 5.41) is 3.43. The molecule has 18 heavy (non-hydrogen) atoms. The molecule has 4 nitrogen and oxygen atoms in total. The molecule has 2 aliphatic carbocycles. The molecule has 0 radical (unpaired) electrons. The summed E-state index contributed by atoms with van der Waals surface area (Å²) < 4.78 is 5.67. The zero-order valence-electron chi connectivity index (χ0n) is 10.8. The monoisotopic (exact) mass is 247 g/mol. The van der Waals surface area contributed by atoms with Crippen molar-refractivity contribution in [2.24, 2.45) is 5.92 Å². The molecule has 98 valence electrons. The Hall–Kier alpha value is -1.16. The van der Waals surface area contributed by atoms with Crippen LogP contribution < -0.4 is 10.1 Å². The summed E-state index contributed by atoms with van der Waals surface area (Å²) in [5.74, 6) is 1.56. The van der Waals surface area contributed by atoms with Gasteiger partial charge in [-0.3, -0.25) is 4.98 Å². The minimum absolute atomic E-state index is 0.671. The summed E-state index contributed by atoms with van der Waals surface area (Å²) in [6.07, 6.45) is 11.4. The van der Waals surface area contributed by atoms with E-state index in [1.165, 1.54) is 32.1 Å². The lowest BCUT2D eigenvalue weighted by Gasteiger charge is -2.24. The van der Waals surface area contributed by atoms with E-state index in [-0.39, 0.29) is 0 Å². The third-order valence-corrected chi connectivity index (χ3v) is 3.81. The lowest BCUT2D eigenvalue weighted by molar-refractivity contribution is 0.216. The van der Waals surface area contributed by atoms with Gasteiger partial charge in [-0.15, -0.1) is 0 Å². The molecule has 0 bridgehead atoms. The van der Waals surface area contributed by atoms with Crippen molar-refractivity contribution in [2.45, 2.75) is 51.1 Å². The van der Waals surface area contributed by atoms with Gasteiger partial charge in [0.25, 0.3) is 0 Å². The van der Waals surface area contributed by atoms with Crippen LogP contribution in [0.3, 0.4) is 0 Å². The molecule has 0 aliphatic heterocycles. The SMILES string of the molecule is c1ncc(OCCC2CCC2)nc1CNC1CC1. The predicted octanol–water partition coefficient (Wildman–Crippen LogP) is 2.30. The highest BCUT2D eigenvalue weighted by molar-refractivity contribution is 5.08. The second kappa shape index (κ2) is 5.65. The van der Waals surface area contributed by atoms with Crippen LogP contribution in [0.4, 0.5) is 0 Å². The largest absolute Gasteiger partial charge is 0.477 e. The van der Waals surface area contributed by atoms with Gasteiger partial charge >= 0.3 is 0 Å². The van der Waals surface area contributed by atoms with Crippen molar-refractivity contribution < 1.29 is 4.74 Å². The van der Waals surface area contributed by atoms with Gasteiger partial charge in [0.1, 0.15) is 0 Å². The molecule has 2 aliphatic rings. The van der Waals surface area contributed by atoms with E-state index >= 15 is 0 Å². The first kappa shape index (κ1) is 11.9. The van der Waals surface area contributed by atoms with Crippen LogP contribution >= 0.6 is 0 Å². The van der Waals surface area contributed by atoms with Crippen LogP contribution in [0.5, 0.6) is 5.88 Å². The summed E-state index contributed by atoms with van der Waals surface area (Å²) in [6, 6.07) is 0.704. The number of rotatable bonds is 7. The Bertz CT molecular complexity index is 388. The minimum Gasteiger partial charge on any atom is -0.477 e. The van der Waals surface area contributed by atoms with Crippen molar-refractivity contribution in [2.75, 3.05) is 6.61 Å². The van der Waals surface area contributed by atoms with Gasteiger partial charge in [0.2, 0.25) is 5.88 Å². The Balaban J connectivity index is 1.43. The molecule has 1 heterocycles. The highest BCUT2D eigenvalue weighted by Gasteiger charge is 2.20. The van der Waals surface area contributed by atoms with Crippen molar-refractivity contribution in [3.63, 3.8) is 0 Å². The van der Waals surface area contributed by atoms with Gasteiger partial charge in [-0.1, -0.05) is 19.3 Å². The number of nitrogens with zero attached hydrogens (tertiary/aromatic N) is 2. The predicted molar refractivity (Wildman–Crippen MR) is 69.3 cm³/mol. The van der Waals surface area contributed by atoms with E-state index in [0.717, 1.165) is 31.2 Å². The number of hydrogen-bond donors (Lipinski definition) is 1. The van der Waals surface area contributed by atoms with Gasteiger partial charge in [-0.2, -0.15) is 0 Å². The highest BCUT2D eigenvalue weighted by atomic mass is 16.5.